The minimum atomic E-state index is -3.22. The Kier molecular flexibility index (Phi) is 7.57. The maximum Gasteiger partial charge on any atom is 0.410 e. The van der Waals surface area contributed by atoms with E-state index in [9.17, 15) is 10.1 Å². The van der Waals surface area contributed by atoms with Gasteiger partial charge >= 0.3 is 6.09 Å². The number of hydrogen-bond donors (Lipinski definition) is 1. The van der Waals surface area contributed by atoms with Gasteiger partial charge in [0.05, 0.1) is 23.6 Å². The molecule has 1 saturated heterocycles. The highest BCUT2D eigenvalue weighted by Crippen LogP contribution is 2.45. The average molecular weight is 579 g/mol. The molecule has 1 atom stereocenters. The van der Waals surface area contributed by atoms with Crippen molar-refractivity contribution in [2.75, 3.05) is 13.1 Å². The summed E-state index contributed by atoms with van der Waals surface area (Å²) < 4.78 is 43.0. The largest absolute Gasteiger partial charge is 0.462 e. The number of fused-ring (bicyclic) bond motifs is 2. The second-order valence-electron chi connectivity index (χ2n) is 11.4. The Balaban J connectivity index is 1.42. The molecule has 13 heteroatoms. The first-order valence-corrected chi connectivity index (χ1v) is 13.6. The minimum Gasteiger partial charge on any atom is -0.462 e. The third-order valence-corrected chi connectivity index (χ3v) is 7.15. The molecule has 1 aliphatic heterocycles. The number of imidazole rings is 1. The first kappa shape index (κ1) is 28.9. The zero-order valence-corrected chi connectivity index (χ0v) is 23.8. The Labute approximate surface area is 241 Å². The number of nitrogens with zero attached hydrogens (tertiary/aromatic N) is 7. The fraction of sp³-hybridized carbons (Fsp3) is 0.448. The van der Waals surface area contributed by atoms with E-state index in [4.69, 9.17) is 20.3 Å². The van der Waals surface area contributed by atoms with Crippen LogP contribution in [0.3, 0.4) is 0 Å². The Bertz CT molecular complexity index is 1610. The SMILES string of the molecule is CC(=NC1CCN(C(=O)OC(C)(C)C)CC1)/C(=N\N)c1cc(OC2c3ncccc3CC2(F)F)n2c(C#N)cnc2c1. The summed E-state index contributed by atoms with van der Waals surface area (Å²) in [6.07, 6.45) is 1.50. The fourth-order valence-electron chi connectivity index (χ4n) is 5.24. The van der Waals surface area contributed by atoms with E-state index in [0.717, 1.165) is 0 Å². The average Bonchev–Trinajstić information content (AvgIpc) is 3.46. The van der Waals surface area contributed by atoms with Crippen molar-refractivity contribution in [1.82, 2.24) is 19.3 Å². The van der Waals surface area contributed by atoms with Gasteiger partial charge in [-0.3, -0.25) is 14.4 Å². The number of pyridine rings is 2. The van der Waals surface area contributed by atoms with E-state index in [1.54, 1.807) is 30.0 Å². The van der Waals surface area contributed by atoms with Crippen LogP contribution < -0.4 is 10.6 Å². The number of piperidine rings is 1. The third kappa shape index (κ3) is 5.74. The summed E-state index contributed by atoms with van der Waals surface area (Å²) in [6.45, 7) is 8.22. The van der Waals surface area contributed by atoms with Crippen LogP contribution in [0, 0.1) is 11.3 Å². The second kappa shape index (κ2) is 11.0. The molecule has 0 aromatic carbocycles. The summed E-state index contributed by atoms with van der Waals surface area (Å²) in [5.74, 6) is 2.57. The number of nitrogens with two attached hydrogens (primary N) is 1. The van der Waals surface area contributed by atoms with Gasteiger partial charge in [-0.2, -0.15) is 10.4 Å². The molecule has 1 unspecified atom stereocenters. The lowest BCUT2D eigenvalue weighted by Crippen LogP contribution is -2.42. The zero-order valence-electron chi connectivity index (χ0n) is 23.8. The van der Waals surface area contributed by atoms with Gasteiger partial charge in [-0.1, -0.05) is 6.07 Å². The van der Waals surface area contributed by atoms with Crippen molar-refractivity contribution in [2.45, 2.75) is 70.6 Å². The van der Waals surface area contributed by atoms with Gasteiger partial charge < -0.3 is 20.2 Å². The van der Waals surface area contributed by atoms with E-state index in [-0.39, 0.29) is 29.4 Å². The molecule has 3 aromatic heterocycles. The van der Waals surface area contributed by atoms with Crippen molar-refractivity contribution in [3.05, 3.63) is 59.2 Å². The summed E-state index contributed by atoms with van der Waals surface area (Å²) in [5.41, 5.74) is 1.64. The zero-order chi connectivity index (χ0) is 30.2. The number of halogens is 2. The Morgan fingerprint density at radius 1 is 1.24 bits per heavy atom. The number of aliphatic imine (C=N–C) groups is 1. The van der Waals surface area contributed by atoms with Crippen molar-refractivity contribution in [1.29, 1.82) is 5.26 Å². The van der Waals surface area contributed by atoms with Gasteiger partial charge in [-0.05, 0) is 58.2 Å². The topological polar surface area (TPSA) is 143 Å². The lowest BCUT2D eigenvalue weighted by Gasteiger charge is -2.32. The molecule has 1 aliphatic carbocycles. The molecule has 0 radical (unpaired) electrons. The highest BCUT2D eigenvalue weighted by molar-refractivity contribution is 6.47. The molecule has 1 amide bonds. The molecular formula is C29H32F2N8O3. The van der Waals surface area contributed by atoms with Gasteiger partial charge in [0.2, 0.25) is 12.0 Å². The van der Waals surface area contributed by atoms with Crippen molar-refractivity contribution < 1.29 is 23.0 Å². The number of hydrogen-bond acceptors (Lipinski definition) is 9. The van der Waals surface area contributed by atoms with Crippen molar-refractivity contribution in [3.63, 3.8) is 0 Å². The minimum absolute atomic E-state index is 0.0284. The Morgan fingerprint density at radius 3 is 2.64 bits per heavy atom. The van der Waals surface area contributed by atoms with Crippen molar-refractivity contribution in [3.8, 4) is 11.9 Å². The second-order valence-corrected chi connectivity index (χ2v) is 11.4. The van der Waals surface area contributed by atoms with Crippen LogP contribution in [-0.2, 0) is 11.2 Å². The lowest BCUT2D eigenvalue weighted by molar-refractivity contribution is -0.0876. The van der Waals surface area contributed by atoms with E-state index < -0.39 is 24.0 Å². The molecule has 5 rings (SSSR count). The predicted molar refractivity (Wildman–Crippen MR) is 151 cm³/mol. The standard InChI is InChI=1S/C29H32F2N8O3/c1-17(36-20-7-10-38(11-8-20)27(40)42-28(2,3)4)24(37-33)19-12-22-35-16-21(15-32)39(22)23(13-19)41-26-25-18(6-5-9-34-25)14-29(26,30)31/h5-6,9,12-13,16,20,26H,7-8,10-11,14,33H2,1-4H3/b36-17?,37-24+. The molecule has 0 saturated carbocycles. The molecule has 0 bridgehead atoms. The number of ether oxygens (including phenoxy) is 2. The first-order chi connectivity index (χ1) is 19.9. The van der Waals surface area contributed by atoms with E-state index in [1.165, 1.54) is 22.9 Å². The predicted octanol–water partition coefficient (Wildman–Crippen LogP) is 4.44. The summed E-state index contributed by atoms with van der Waals surface area (Å²) in [6, 6.07) is 8.28. The number of alkyl halides is 2. The van der Waals surface area contributed by atoms with Crippen LogP contribution in [-0.4, -0.2) is 67.4 Å². The maximum atomic E-state index is 15.1. The third-order valence-electron chi connectivity index (χ3n) is 7.15. The molecule has 1 fully saturated rings. The van der Waals surface area contributed by atoms with Crippen LogP contribution in [0.5, 0.6) is 5.88 Å². The smallest absolute Gasteiger partial charge is 0.410 e. The van der Waals surface area contributed by atoms with Gasteiger partial charge in [0.25, 0.3) is 5.92 Å². The molecule has 2 aliphatic rings. The summed E-state index contributed by atoms with van der Waals surface area (Å²) >= 11 is 0. The monoisotopic (exact) mass is 578 g/mol. The molecule has 220 valence electrons. The number of likely N-dealkylation sites (tertiary alicyclic amines) is 1. The Morgan fingerprint density at radius 2 is 1.98 bits per heavy atom. The number of hydrazone groups is 1. The van der Waals surface area contributed by atoms with Crippen molar-refractivity contribution >= 4 is 23.2 Å². The highest BCUT2D eigenvalue weighted by Gasteiger charge is 2.51. The van der Waals surface area contributed by atoms with Gasteiger partial charge in [-0.15, -0.1) is 0 Å². The molecule has 3 aromatic rings. The quantitative estimate of drug-likeness (QED) is 0.268. The maximum absolute atomic E-state index is 15.1. The van der Waals surface area contributed by atoms with Gasteiger partial charge in [0.15, 0.2) is 0 Å². The van der Waals surface area contributed by atoms with Gasteiger partial charge in [0, 0.05) is 37.3 Å². The Hall–Kier alpha value is -4.60. The van der Waals surface area contributed by atoms with E-state index in [2.05, 4.69) is 15.1 Å². The number of carbonyl (C=O) groups excluding carboxylic acids is 1. The number of rotatable bonds is 5. The number of carbonyl (C=O) groups is 1. The van der Waals surface area contributed by atoms with Gasteiger partial charge in [0.1, 0.15) is 28.7 Å². The van der Waals surface area contributed by atoms with Crippen molar-refractivity contribution in [2.24, 2.45) is 15.9 Å². The van der Waals surface area contributed by atoms with E-state index in [1.807, 2.05) is 26.8 Å². The summed E-state index contributed by atoms with van der Waals surface area (Å²) in [4.78, 5) is 27.3. The van der Waals surface area contributed by atoms with Gasteiger partial charge in [-0.25, -0.2) is 18.6 Å². The number of nitriles is 1. The van der Waals surface area contributed by atoms with Crippen LogP contribution in [0.4, 0.5) is 13.6 Å². The van der Waals surface area contributed by atoms with Crippen LogP contribution in [0.1, 0.15) is 69.2 Å². The molecule has 2 N–H and O–H groups in total. The van der Waals surface area contributed by atoms with E-state index >= 15 is 8.78 Å². The van der Waals surface area contributed by atoms with E-state index in [0.29, 0.717) is 54.1 Å². The first-order valence-electron chi connectivity index (χ1n) is 13.6. The van der Waals surface area contributed by atoms with Crippen LogP contribution in [0.25, 0.3) is 5.65 Å². The summed E-state index contributed by atoms with van der Waals surface area (Å²) in [5, 5.41) is 13.6. The molecule has 0 spiro atoms. The number of aromatic nitrogens is 3. The van der Waals surface area contributed by atoms with Crippen LogP contribution >= 0.6 is 0 Å². The molecule has 11 nitrogen and oxygen atoms in total. The molecule has 42 heavy (non-hydrogen) atoms. The fourth-order valence-corrected chi connectivity index (χ4v) is 5.24. The highest BCUT2D eigenvalue weighted by atomic mass is 19.3. The van der Waals surface area contributed by atoms with Crippen LogP contribution in [0.2, 0.25) is 0 Å². The molecule has 4 heterocycles. The number of amides is 1. The summed E-state index contributed by atoms with van der Waals surface area (Å²) in [7, 11) is 0. The van der Waals surface area contributed by atoms with Crippen LogP contribution in [0.15, 0.2) is 46.8 Å². The lowest BCUT2D eigenvalue weighted by atomic mass is 10.0. The molecular weight excluding hydrogens is 546 g/mol. The normalized spacial score (nSPS) is 19.5.